The first kappa shape index (κ1) is 19.2. The topological polar surface area (TPSA) is 105 Å². The summed E-state index contributed by atoms with van der Waals surface area (Å²) in [7, 11) is -0.734. The van der Waals surface area contributed by atoms with Crippen LogP contribution in [0, 0.1) is 0 Å². The standard InChI is InChI=1S/C19H16N2O6S2/c1-24-14-8-6-13(10-16(14)25-2)29(22,23)11-12-5-7-15(26-12)19-20-18(21-27-19)17-4-3-9-28-17/h3-10H,11H2,1-2H3. The maximum absolute atomic E-state index is 12.8. The molecule has 8 nitrogen and oxygen atoms in total. The fraction of sp³-hybridized carbons (Fsp3) is 0.158. The van der Waals surface area contributed by atoms with Gasteiger partial charge >= 0.3 is 0 Å². The van der Waals surface area contributed by atoms with E-state index in [9.17, 15) is 8.42 Å². The maximum Gasteiger partial charge on any atom is 0.293 e. The van der Waals surface area contributed by atoms with Crippen LogP contribution in [-0.4, -0.2) is 32.8 Å². The SMILES string of the molecule is COc1ccc(S(=O)(=O)Cc2ccc(-c3nc(-c4cccs4)no3)o2)cc1OC. The number of aromatic nitrogens is 2. The number of sulfone groups is 1. The van der Waals surface area contributed by atoms with Gasteiger partial charge in [0.15, 0.2) is 27.1 Å². The molecule has 0 saturated heterocycles. The van der Waals surface area contributed by atoms with E-state index in [0.29, 0.717) is 23.1 Å². The van der Waals surface area contributed by atoms with Gasteiger partial charge in [0.2, 0.25) is 5.82 Å². The Morgan fingerprint density at radius 3 is 2.62 bits per heavy atom. The van der Waals surface area contributed by atoms with Crippen molar-refractivity contribution in [2.75, 3.05) is 14.2 Å². The van der Waals surface area contributed by atoms with Crippen molar-refractivity contribution in [2.24, 2.45) is 0 Å². The number of ether oxygens (including phenoxy) is 2. The van der Waals surface area contributed by atoms with Gasteiger partial charge in [0.25, 0.3) is 5.89 Å². The molecule has 0 aliphatic rings. The van der Waals surface area contributed by atoms with Crippen molar-refractivity contribution >= 4 is 21.2 Å². The molecule has 0 aliphatic heterocycles. The highest BCUT2D eigenvalue weighted by Gasteiger charge is 2.21. The molecular formula is C19H16N2O6S2. The van der Waals surface area contributed by atoms with Crippen LogP contribution in [0.4, 0.5) is 0 Å². The molecule has 150 valence electrons. The Morgan fingerprint density at radius 1 is 1.07 bits per heavy atom. The first-order valence-electron chi connectivity index (χ1n) is 8.41. The van der Waals surface area contributed by atoms with Crippen molar-refractivity contribution in [2.45, 2.75) is 10.6 Å². The second-order valence-corrected chi connectivity index (χ2v) is 8.88. The number of nitrogens with zero attached hydrogens (tertiary/aromatic N) is 2. The lowest BCUT2D eigenvalue weighted by Crippen LogP contribution is -2.05. The number of hydrogen-bond donors (Lipinski definition) is 0. The van der Waals surface area contributed by atoms with Crippen molar-refractivity contribution in [3.8, 4) is 33.9 Å². The highest BCUT2D eigenvalue weighted by atomic mass is 32.2. The lowest BCUT2D eigenvalue weighted by atomic mass is 10.3. The average molecular weight is 432 g/mol. The fourth-order valence-electron chi connectivity index (χ4n) is 2.68. The third-order valence-corrected chi connectivity index (χ3v) is 6.59. The summed E-state index contributed by atoms with van der Waals surface area (Å²) in [5.41, 5.74) is 0. The van der Waals surface area contributed by atoms with Gasteiger partial charge in [0.05, 0.1) is 24.0 Å². The molecule has 0 amide bonds. The first-order chi connectivity index (χ1) is 14.0. The molecule has 0 aliphatic carbocycles. The van der Waals surface area contributed by atoms with Crippen molar-refractivity contribution in [1.29, 1.82) is 0 Å². The monoisotopic (exact) mass is 432 g/mol. The van der Waals surface area contributed by atoms with Gasteiger partial charge in [-0.1, -0.05) is 11.2 Å². The zero-order valence-electron chi connectivity index (χ0n) is 15.5. The molecule has 3 aromatic heterocycles. The second-order valence-electron chi connectivity index (χ2n) is 5.94. The normalized spacial score (nSPS) is 11.5. The Kier molecular flexibility index (Phi) is 5.12. The molecule has 0 bridgehead atoms. The lowest BCUT2D eigenvalue weighted by molar-refractivity contribution is 0.354. The Labute approximate surface area is 170 Å². The molecule has 0 spiro atoms. The number of methoxy groups -OCH3 is 2. The third-order valence-electron chi connectivity index (χ3n) is 4.09. The van der Waals surface area contributed by atoms with Gasteiger partial charge in [-0.15, -0.1) is 11.3 Å². The molecule has 4 rings (SSSR count). The predicted octanol–water partition coefficient (Wildman–Crippen LogP) is 4.05. The molecule has 4 aromatic rings. The van der Waals surface area contributed by atoms with E-state index in [1.807, 2.05) is 17.5 Å². The number of rotatable bonds is 7. The average Bonchev–Trinajstić information content (AvgIpc) is 3.47. The summed E-state index contributed by atoms with van der Waals surface area (Å²) in [6.07, 6.45) is 0. The molecule has 10 heteroatoms. The van der Waals surface area contributed by atoms with E-state index < -0.39 is 9.84 Å². The van der Waals surface area contributed by atoms with Crippen LogP contribution in [0.1, 0.15) is 5.76 Å². The minimum atomic E-state index is -3.66. The number of furan rings is 1. The van der Waals surface area contributed by atoms with E-state index in [2.05, 4.69) is 10.1 Å². The second kappa shape index (κ2) is 7.72. The number of thiophene rings is 1. The quantitative estimate of drug-likeness (QED) is 0.431. The molecule has 0 unspecified atom stereocenters. The largest absolute Gasteiger partial charge is 0.493 e. The minimum Gasteiger partial charge on any atom is -0.493 e. The fourth-order valence-corrected chi connectivity index (χ4v) is 4.59. The Morgan fingerprint density at radius 2 is 1.90 bits per heavy atom. The van der Waals surface area contributed by atoms with E-state index in [0.717, 1.165) is 4.88 Å². The van der Waals surface area contributed by atoms with E-state index in [1.54, 1.807) is 18.2 Å². The van der Waals surface area contributed by atoms with E-state index >= 15 is 0 Å². The number of benzene rings is 1. The molecule has 0 saturated carbocycles. The van der Waals surface area contributed by atoms with Gasteiger partial charge in [0.1, 0.15) is 11.5 Å². The Bertz CT molecular complexity index is 1230. The molecule has 0 radical (unpaired) electrons. The van der Waals surface area contributed by atoms with Gasteiger partial charge in [-0.25, -0.2) is 8.42 Å². The summed E-state index contributed by atoms with van der Waals surface area (Å²) < 4.78 is 46.7. The van der Waals surface area contributed by atoms with Crippen molar-refractivity contribution < 1.29 is 26.8 Å². The van der Waals surface area contributed by atoms with Gasteiger partial charge in [0, 0.05) is 6.07 Å². The summed E-state index contributed by atoms with van der Waals surface area (Å²) in [4.78, 5) is 5.26. The van der Waals surface area contributed by atoms with Gasteiger partial charge in [-0.05, 0) is 35.7 Å². The number of hydrogen-bond acceptors (Lipinski definition) is 9. The van der Waals surface area contributed by atoms with E-state index in [4.69, 9.17) is 18.4 Å². The van der Waals surface area contributed by atoms with Crippen LogP contribution in [0.15, 0.2) is 61.7 Å². The zero-order valence-corrected chi connectivity index (χ0v) is 17.1. The van der Waals surface area contributed by atoms with Crippen LogP contribution in [0.25, 0.3) is 22.4 Å². The van der Waals surface area contributed by atoms with Gasteiger partial charge < -0.3 is 18.4 Å². The lowest BCUT2D eigenvalue weighted by Gasteiger charge is -2.09. The minimum absolute atomic E-state index is 0.103. The predicted molar refractivity (Wildman–Crippen MR) is 106 cm³/mol. The highest BCUT2D eigenvalue weighted by Crippen LogP contribution is 2.31. The van der Waals surface area contributed by atoms with Crippen LogP contribution in [0.2, 0.25) is 0 Å². The summed E-state index contributed by atoms with van der Waals surface area (Å²) in [5, 5.41) is 5.83. The van der Waals surface area contributed by atoms with Gasteiger partial charge in [-0.2, -0.15) is 4.98 Å². The van der Waals surface area contributed by atoms with E-state index in [1.165, 1.54) is 37.7 Å². The van der Waals surface area contributed by atoms with Crippen molar-refractivity contribution in [1.82, 2.24) is 10.1 Å². The molecule has 3 heterocycles. The van der Waals surface area contributed by atoms with Gasteiger partial charge in [-0.3, -0.25) is 0 Å². The molecule has 1 aromatic carbocycles. The molecular weight excluding hydrogens is 416 g/mol. The summed E-state index contributed by atoms with van der Waals surface area (Å²) in [6, 6.07) is 11.4. The summed E-state index contributed by atoms with van der Waals surface area (Å²) in [5.74, 6) is 1.65. The summed E-state index contributed by atoms with van der Waals surface area (Å²) in [6.45, 7) is 0. The maximum atomic E-state index is 12.8. The van der Waals surface area contributed by atoms with Crippen LogP contribution < -0.4 is 9.47 Å². The highest BCUT2D eigenvalue weighted by molar-refractivity contribution is 7.90. The van der Waals surface area contributed by atoms with Crippen LogP contribution >= 0.6 is 11.3 Å². The van der Waals surface area contributed by atoms with Crippen LogP contribution in [0.5, 0.6) is 11.5 Å². The van der Waals surface area contributed by atoms with Crippen molar-refractivity contribution in [3.63, 3.8) is 0 Å². The van der Waals surface area contributed by atoms with Crippen LogP contribution in [0.3, 0.4) is 0 Å². The molecule has 0 fully saturated rings. The first-order valence-corrected chi connectivity index (χ1v) is 10.9. The summed E-state index contributed by atoms with van der Waals surface area (Å²) >= 11 is 1.49. The third kappa shape index (κ3) is 3.89. The van der Waals surface area contributed by atoms with E-state index in [-0.39, 0.29) is 22.3 Å². The Hall–Kier alpha value is -3.11. The Balaban J connectivity index is 1.56. The molecule has 0 atom stereocenters. The van der Waals surface area contributed by atoms with Crippen LogP contribution in [-0.2, 0) is 15.6 Å². The smallest absolute Gasteiger partial charge is 0.293 e. The molecule has 29 heavy (non-hydrogen) atoms. The zero-order chi connectivity index (χ0) is 20.4. The molecule has 0 N–H and O–H groups in total. The van der Waals surface area contributed by atoms with Crippen molar-refractivity contribution in [3.05, 3.63) is 53.6 Å².